The van der Waals surface area contributed by atoms with Gasteiger partial charge in [0.05, 0.1) is 11.8 Å². The molecule has 1 aromatic carbocycles. The Balaban J connectivity index is 1.68. The summed E-state index contributed by atoms with van der Waals surface area (Å²) in [7, 11) is 0. The maximum atomic E-state index is 13.8. The quantitative estimate of drug-likeness (QED) is 0.569. The summed E-state index contributed by atoms with van der Waals surface area (Å²) >= 11 is 0. The van der Waals surface area contributed by atoms with E-state index in [0.29, 0.717) is 17.0 Å². The van der Waals surface area contributed by atoms with Crippen molar-refractivity contribution in [3.63, 3.8) is 0 Å². The van der Waals surface area contributed by atoms with E-state index in [1.807, 2.05) is 0 Å². The van der Waals surface area contributed by atoms with Crippen molar-refractivity contribution in [2.75, 3.05) is 0 Å². The molecule has 0 spiro atoms. The number of pyridine rings is 1. The Morgan fingerprint density at radius 3 is 2.72 bits per heavy atom. The van der Waals surface area contributed by atoms with Crippen molar-refractivity contribution in [2.45, 2.75) is 6.54 Å². The zero-order valence-electron chi connectivity index (χ0n) is 12.8. The summed E-state index contributed by atoms with van der Waals surface area (Å²) in [6.07, 6.45) is 4.58. The van der Waals surface area contributed by atoms with E-state index in [1.54, 1.807) is 42.7 Å². The first-order valence-corrected chi connectivity index (χ1v) is 7.39. The Bertz CT molecular complexity index is 1070. The molecule has 0 atom stereocenters. The number of hydrogen-bond donors (Lipinski definition) is 0. The maximum absolute atomic E-state index is 13.8. The van der Waals surface area contributed by atoms with E-state index >= 15 is 0 Å². The van der Waals surface area contributed by atoms with Gasteiger partial charge in [-0.25, -0.2) is 18.7 Å². The zero-order valence-corrected chi connectivity index (χ0v) is 12.8. The second-order valence-corrected chi connectivity index (χ2v) is 5.19. The van der Waals surface area contributed by atoms with Gasteiger partial charge in [0.25, 0.3) is 0 Å². The summed E-state index contributed by atoms with van der Waals surface area (Å²) in [5.74, 6) is -0.206. The predicted octanol–water partition coefficient (Wildman–Crippen LogP) is 2.74. The zero-order chi connectivity index (χ0) is 17.2. The SMILES string of the molecule is O=c1onc(-c2ccncc2)n1Cc1ncc(-c2ccccc2F)o1. The van der Waals surface area contributed by atoms with Crippen LogP contribution in [0, 0.1) is 5.82 Å². The third-order valence-corrected chi connectivity index (χ3v) is 3.61. The van der Waals surface area contributed by atoms with Gasteiger partial charge < -0.3 is 4.42 Å². The van der Waals surface area contributed by atoms with E-state index in [0.717, 1.165) is 0 Å². The van der Waals surface area contributed by atoms with E-state index < -0.39 is 11.6 Å². The second kappa shape index (κ2) is 6.16. The van der Waals surface area contributed by atoms with Gasteiger partial charge in [0.15, 0.2) is 11.6 Å². The highest BCUT2D eigenvalue weighted by molar-refractivity contribution is 5.57. The van der Waals surface area contributed by atoms with Gasteiger partial charge in [-0.3, -0.25) is 9.51 Å². The molecule has 4 rings (SSSR count). The van der Waals surface area contributed by atoms with Crippen molar-refractivity contribution < 1.29 is 13.3 Å². The van der Waals surface area contributed by atoms with Crippen LogP contribution in [0.1, 0.15) is 5.89 Å². The molecule has 0 radical (unpaired) electrons. The van der Waals surface area contributed by atoms with Crippen LogP contribution in [0.3, 0.4) is 0 Å². The lowest BCUT2D eigenvalue weighted by atomic mass is 10.2. The van der Waals surface area contributed by atoms with Crippen molar-refractivity contribution in [3.8, 4) is 22.7 Å². The number of oxazole rings is 1. The van der Waals surface area contributed by atoms with Gasteiger partial charge in [-0.15, -0.1) is 0 Å². The summed E-state index contributed by atoms with van der Waals surface area (Å²) < 4.78 is 25.4. The monoisotopic (exact) mass is 338 g/mol. The molecule has 0 fully saturated rings. The maximum Gasteiger partial charge on any atom is 0.442 e. The highest BCUT2D eigenvalue weighted by atomic mass is 19.1. The molecule has 4 aromatic rings. The topological polar surface area (TPSA) is 87.0 Å². The molecule has 8 heteroatoms. The average molecular weight is 338 g/mol. The molecule has 0 aliphatic heterocycles. The lowest BCUT2D eigenvalue weighted by Gasteiger charge is -2.01. The van der Waals surface area contributed by atoms with E-state index in [4.69, 9.17) is 8.94 Å². The molecule has 0 amide bonds. The number of aromatic nitrogens is 4. The number of benzene rings is 1. The molecule has 0 saturated heterocycles. The van der Waals surface area contributed by atoms with Crippen LogP contribution in [0.5, 0.6) is 0 Å². The molecule has 0 aliphatic carbocycles. The van der Waals surface area contributed by atoms with Crippen LogP contribution in [0.25, 0.3) is 22.7 Å². The lowest BCUT2D eigenvalue weighted by molar-refractivity contribution is 0.373. The molecule has 7 nitrogen and oxygen atoms in total. The van der Waals surface area contributed by atoms with Crippen LogP contribution in [0.15, 0.2) is 68.7 Å². The molecule has 25 heavy (non-hydrogen) atoms. The van der Waals surface area contributed by atoms with Crippen LogP contribution in [-0.4, -0.2) is 19.7 Å². The largest absolute Gasteiger partial charge is 0.442 e. The molecule has 0 aliphatic rings. The minimum atomic E-state index is -0.641. The Labute approximate surface area is 140 Å². The molecule has 0 N–H and O–H groups in total. The highest BCUT2D eigenvalue weighted by Gasteiger charge is 2.16. The number of nitrogens with zero attached hydrogens (tertiary/aromatic N) is 4. The van der Waals surface area contributed by atoms with E-state index in [2.05, 4.69) is 15.1 Å². The molecule has 124 valence electrons. The minimum Gasteiger partial charge on any atom is -0.439 e. The van der Waals surface area contributed by atoms with E-state index in [9.17, 15) is 9.18 Å². The summed E-state index contributed by atoms with van der Waals surface area (Å²) in [6.45, 7) is 0.00838. The van der Waals surface area contributed by atoms with Crippen LogP contribution < -0.4 is 5.76 Å². The standard InChI is InChI=1S/C17H11FN4O3/c18-13-4-2-1-3-12(13)14-9-20-15(24-14)10-22-16(21-25-17(22)23)11-5-7-19-8-6-11/h1-9H,10H2. The van der Waals surface area contributed by atoms with E-state index in [1.165, 1.54) is 16.8 Å². The van der Waals surface area contributed by atoms with Gasteiger partial charge in [0.2, 0.25) is 5.89 Å². The Hall–Kier alpha value is -3.55. The molecule has 3 heterocycles. The van der Waals surface area contributed by atoms with Gasteiger partial charge in [0, 0.05) is 18.0 Å². The molecule has 0 bridgehead atoms. The summed E-state index contributed by atoms with van der Waals surface area (Å²) in [4.78, 5) is 20.0. The third kappa shape index (κ3) is 2.85. The van der Waals surface area contributed by atoms with Gasteiger partial charge in [-0.1, -0.05) is 17.3 Å². The fourth-order valence-electron chi connectivity index (χ4n) is 2.42. The van der Waals surface area contributed by atoms with Crippen molar-refractivity contribution >= 4 is 0 Å². The van der Waals surface area contributed by atoms with Gasteiger partial charge in [-0.2, -0.15) is 0 Å². The van der Waals surface area contributed by atoms with Crippen LogP contribution in [0.4, 0.5) is 4.39 Å². The normalized spacial score (nSPS) is 10.9. The Morgan fingerprint density at radius 2 is 1.92 bits per heavy atom. The fraction of sp³-hybridized carbons (Fsp3) is 0.0588. The van der Waals surface area contributed by atoms with Crippen molar-refractivity contribution in [1.82, 2.24) is 19.7 Å². The number of halogens is 1. The summed E-state index contributed by atoms with van der Waals surface area (Å²) in [5, 5.41) is 3.78. The highest BCUT2D eigenvalue weighted by Crippen LogP contribution is 2.24. The summed E-state index contributed by atoms with van der Waals surface area (Å²) in [5.41, 5.74) is 0.968. The van der Waals surface area contributed by atoms with Crippen molar-refractivity contribution in [1.29, 1.82) is 0 Å². The molecule has 0 unspecified atom stereocenters. The van der Waals surface area contributed by atoms with Gasteiger partial charge in [-0.05, 0) is 24.3 Å². The second-order valence-electron chi connectivity index (χ2n) is 5.19. The van der Waals surface area contributed by atoms with Gasteiger partial charge in [0.1, 0.15) is 12.4 Å². The van der Waals surface area contributed by atoms with Gasteiger partial charge >= 0.3 is 5.76 Å². The third-order valence-electron chi connectivity index (χ3n) is 3.61. The van der Waals surface area contributed by atoms with Crippen molar-refractivity contribution in [3.05, 3.63) is 77.2 Å². The van der Waals surface area contributed by atoms with Crippen LogP contribution in [0.2, 0.25) is 0 Å². The van der Waals surface area contributed by atoms with Crippen LogP contribution >= 0.6 is 0 Å². The molecule has 0 saturated carbocycles. The summed E-state index contributed by atoms with van der Waals surface area (Å²) in [6, 6.07) is 9.62. The van der Waals surface area contributed by atoms with E-state index in [-0.39, 0.29) is 18.2 Å². The fourth-order valence-corrected chi connectivity index (χ4v) is 2.42. The first-order valence-electron chi connectivity index (χ1n) is 7.39. The minimum absolute atomic E-state index is 0.00838. The first kappa shape index (κ1) is 15.0. The Kier molecular flexibility index (Phi) is 3.70. The average Bonchev–Trinajstić information content (AvgIpc) is 3.24. The molecular formula is C17H11FN4O3. The first-order chi connectivity index (χ1) is 12.2. The molecule has 3 aromatic heterocycles. The predicted molar refractivity (Wildman–Crippen MR) is 85.0 cm³/mol. The number of rotatable bonds is 4. The lowest BCUT2D eigenvalue weighted by Crippen LogP contribution is -2.16. The molecular weight excluding hydrogens is 327 g/mol. The van der Waals surface area contributed by atoms with Crippen LogP contribution in [-0.2, 0) is 6.54 Å². The number of hydrogen-bond acceptors (Lipinski definition) is 6. The smallest absolute Gasteiger partial charge is 0.439 e. The van der Waals surface area contributed by atoms with Crippen molar-refractivity contribution in [2.24, 2.45) is 0 Å². The Morgan fingerprint density at radius 1 is 1.12 bits per heavy atom.